The summed E-state index contributed by atoms with van der Waals surface area (Å²) in [6.07, 6.45) is 2.55. The molecule has 1 saturated carbocycles. The van der Waals surface area contributed by atoms with Crippen LogP contribution in [0.1, 0.15) is 19.3 Å². The molecule has 1 atom stereocenters. The third-order valence-corrected chi connectivity index (χ3v) is 4.44. The molecule has 0 aromatic heterocycles. The number of benzene rings is 1. The van der Waals surface area contributed by atoms with E-state index in [2.05, 4.69) is 5.32 Å². The van der Waals surface area contributed by atoms with Gasteiger partial charge in [0.05, 0.1) is 10.6 Å². The number of nitrogens with zero attached hydrogens (tertiary/aromatic N) is 1. The summed E-state index contributed by atoms with van der Waals surface area (Å²) in [7, 11) is 0. The van der Waals surface area contributed by atoms with Gasteiger partial charge in [-0.15, -0.1) is 0 Å². The number of non-ortho nitro benzene ring substituents is 1. The number of aromatic hydroxyl groups is 1. The van der Waals surface area contributed by atoms with Crippen molar-refractivity contribution in [3.63, 3.8) is 0 Å². The molecule has 3 rings (SSSR count). The lowest BCUT2D eigenvalue weighted by Crippen LogP contribution is -2.24. The molecule has 1 aliphatic carbocycles. The van der Waals surface area contributed by atoms with Crippen LogP contribution in [0.4, 0.5) is 11.4 Å². The minimum Gasteiger partial charge on any atom is -0.506 e. The summed E-state index contributed by atoms with van der Waals surface area (Å²) >= 11 is 0. The summed E-state index contributed by atoms with van der Waals surface area (Å²) in [5.74, 6) is -0.455. The van der Waals surface area contributed by atoms with Crippen molar-refractivity contribution in [2.24, 2.45) is 11.3 Å². The zero-order valence-electron chi connectivity index (χ0n) is 11.4. The second-order valence-electron chi connectivity index (χ2n) is 5.68. The van der Waals surface area contributed by atoms with Crippen molar-refractivity contribution in [2.45, 2.75) is 19.3 Å². The molecular formula is C14H16N2O5. The number of carbonyl (C=O) groups excluding carboxylic acids is 1. The molecule has 1 amide bonds. The Morgan fingerprint density at radius 1 is 1.43 bits per heavy atom. The molecule has 1 aliphatic heterocycles. The Bertz CT molecular complexity index is 595. The third-order valence-electron chi connectivity index (χ3n) is 4.44. The van der Waals surface area contributed by atoms with E-state index in [4.69, 9.17) is 4.74 Å². The molecule has 0 bridgehead atoms. The predicted octanol–water partition coefficient (Wildman–Crippen LogP) is 2.06. The van der Waals surface area contributed by atoms with E-state index in [-0.39, 0.29) is 34.4 Å². The standard InChI is InChI=1S/C14H16N2O5/c17-12-2-1-9(16(19)20)7-11(12)15-13(18)10-8-14(10)3-5-21-6-4-14/h1-2,7,10,17H,3-6,8H2,(H,15,18)/t10-/m0/s1. The molecule has 1 saturated heterocycles. The van der Waals surface area contributed by atoms with E-state index in [1.165, 1.54) is 18.2 Å². The van der Waals surface area contributed by atoms with Gasteiger partial charge in [0.2, 0.25) is 5.91 Å². The highest BCUT2D eigenvalue weighted by atomic mass is 16.6. The van der Waals surface area contributed by atoms with E-state index in [0.29, 0.717) is 13.2 Å². The summed E-state index contributed by atoms with van der Waals surface area (Å²) in [6.45, 7) is 1.34. The fraction of sp³-hybridized carbons (Fsp3) is 0.500. The summed E-state index contributed by atoms with van der Waals surface area (Å²) in [6, 6.07) is 3.58. The van der Waals surface area contributed by atoms with Gasteiger partial charge in [-0.2, -0.15) is 0 Å². The van der Waals surface area contributed by atoms with E-state index < -0.39 is 4.92 Å². The molecule has 2 aliphatic rings. The van der Waals surface area contributed by atoms with Crippen LogP contribution in [0.3, 0.4) is 0 Å². The number of ether oxygens (including phenoxy) is 1. The van der Waals surface area contributed by atoms with E-state index in [1.807, 2.05) is 0 Å². The molecule has 0 unspecified atom stereocenters. The average Bonchev–Trinajstić information content (AvgIpc) is 3.15. The second-order valence-corrected chi connectivity index (χ2v) is 5.68. The van der Waals surface area contributed by atoms with Gasteiger partial charge >= 0.3 is 0 Å². The first-order valence-electron chi connectivity index (χ1n) is 6.88. The topological polar surface area (TPSA) is 102 Å². The van der Waals surface area contributed by atoms with Crippen LogP contribution in [0, 0.1) is 21.4 Å². The molecular weight excluding hydrogens is 276 g/mol. The smallest absolute Gasteiger partial charge is 0.271 e. The highest BCUT2D eigenvalue weighted by Crippen LogP contribution is 2.59. The number of phenolic OH excluding ortho intramolecular Hbond substituents is 1. The Balaban J connectivity index is 1.71. The molecule has 0 radical (unpaired) electrons. The number of nitro benzene ring substituents is 1. The molecule has 1 aromatic carbocycles. The van der Waals surface area contributed by atoms with Gasteiger partial charge in [0.1, 0.15) is 5.75 Å². The van der Waals surface area contributed by atoms with Gasteiger partial charge in [-0.25, -0.2) is 0 Å². The third kappa shape index (κ3) is 2.56. The van der Waals surface area contributed by atoms with Gasteiger partial charge in [0.25, 0.3) is 5.69 Å². The van der Waals surface area contributed by atoms with Gasteiger partial charge in [-0.1, -0.05) is 0 Å². The molecule has 21 heavy (non-hydrogen) atoms. The van der Waals surface area contributed by atoms with Crippen LogP contribution in [0.2, 0.25) is 0 Å². The summed E-state index contributed by atoms with van der Waals surface area (Å²) in [5, 5.41) is 23.1. The van der Waals surface area contributed by atoms with Crippen LogP contribution in [0.5, 0.6) is 5.75 Å². The van der Waals surface area contributed by atoms with Gasteiger partial charge in [0.15, 0.2) is 0 Å². The first-order chi connectivity index (χ1) is 10.0. The number of rotatable bonds is 3. The Morgan fingerprint density at radius 3 is 2.81 bits per heavy atom. The fourth-order valence-electron chi connectivity index (χ4n) is 3.01. The maximum Gasteiger partial charge on any atom is 0.271 e. The molecule has 7 heteroatoms. The lowest BCUT2D eigenvalue weighted by Gasteiger charge is -2.22. The Hall–Kier alpha value is -2.15. The van der Waals surface area contributed by atoms with Gasteiger partial charge in [0, 0.05) is 31.3 Å². The number of hydrogen-bond donors (Lipinski definition) is 2. The van der Waals surface area contributed by atoms with Crippen molar-refractivity contribution in [3.8, 4) is 5.75 Å². The Morgan fingerprint density at radius 2 is 2.14 bits per heavy atom. The maximum absolute atomic E-state index is 12.2. The minimum absolute atomic E-state index is 0.0265. The molecule has 1 spiro atoms. The van der Waals surface area contributed by atoms with Crippen LogP contribution in [-0.2, 0) is 9.53 Å². The van der Waals surface area contributed by atoms with Crippen LogP contribution in [-0.4, -0.2) is 29.2 Å². The number of nitrogens with one attached hydrogen (secondary N) is 1. The van der Waals surface area contributed by atoms with Crippen molar-refractivity contribution >= 4 is 17.3 Å². The predicted molar refractivity (Wildman–Crippen MR) is 74.0 cm³/mol. The van der Waals surface area contributed by atoms with Crippen molar-refractivity contribution in [2.75, 3.05) is 18.5 Å². The fourth-order valence-corrected chi connectivity index (χ4v) is 3.01. The molecule has 7 nitrogen and oxygen atoms in total. The SMILES string of the molecule is O=C(Nc1cc([N+](=O)[O-])ccc1O)[C@@H]1CC12CCOCC2. The van der Waals surface area contributed by atoms with Crippen molar-refractivity contribution in [1.29, 1.82) is 0 Å². The normalized spacial score (nSPS) is 22.8. The van der Waals surface area contributed by atoms with E-state index >= 15 is 0 Å². The van der Waals surface area contributed by atoms with E-state index in [1.54, 1.807) is 0 Å². The lowest BCUT2D eigenvalue weighted by molar-refractivity contribution is -0.384. The molecule has 2 N–H and O–H groups in total. The highest BCUT2D eigenvalue weighted by molar-refractivity contribution is 5.96. The monoisotopic (exact) mass is 292 g/mol. The number of nitro groups is 1. The number of hydrogen-bond acceptors (Lipinski definition) is 5. The van der Waals surface area contributed by atoms with E-state index in [0.717, 1.165) is 19.3 Å². The van der Waals surface area contributed by atoms with Crippen molar-refractivity contribution < 1.29 is 19.6 Å². The summed E-state index contributed by atoms with van der Waals surface area (Å²) in [5.41, 5.74) is -0.0541. The zero-order chi connectivity index (χ0) is 15.0. The van der Waals surface area contributed by atoms with Crippen LogP contribution >= 0.6 is 0 Å². The number of phenols is 1. The number of amides is 1. The summed E-state index contributed by atoms with van der Waals surface area (Å²) < 4.78 is 5.31. The van der Waals surface area contributed by atoms with Gasteiger partial charge in [-0.05, 0) is 30.7 Å². The zero-order valence-corrected chi connectivity index (χ0v) is 11.4. The first-order valence-corrected chi connectivity index (χ1v) is 6.88. The van der Waals surface area contributed by atoms with Crippen molar-refractivity contribution in [1.82, 2.24) is 0 Å². The maximum atomic E-state index is 12.2. The van der Waals surface area contributed by atoms with Crippen LogP contribution in [0.25, 0.3) is 0 Å². The van der Waals surface area contributed by atoms with Crippen molar-refractivity contribution in [3.05, 3.63) is 28.3 Å². The van der Waals surface area contributed by atoms with Gasteiger partial charge < -0.3 is 15.2 Å². The van der Waals surface area contributed by atoms with Crippen LogP contribution in [0.15, 0.2) is 18.2 Å². The molecule has 1 aromatic rings. The molecule has 1 heterocycles. The second kappa shape index (κ2) is 5.00. The Labute approximate surface area is 121 Å². The largest absolute Gasteiger partial charge is 0.506 e. The Kier molecular flexibility index (Phi) is 3.29. The lowest BCUT2D eigenvalue weighted by atomic mass is 9.93. The highest BCUT2D eigenvalue weighted by Gasteiger charge is 2.58. The van der Waals surface area contributed by atoms with E-state index in [9.17, 15) is 20.0 Å². The quantitative estimate of drug-likeness (QED) is 0.504. The van der Waals surface area contributed by atoms with Crippen LogP contribution < -0.4 is 5.32 Å². The first kappa shape index (κ1) is 13.8. The minimum atomic E-state index is -0.563. The molecule has 2 fully saturated rings. The summed E-state index contributed by atoms with van der Waals surface area (Å²) in [4.78, 5) is 22.4. The number of anilines is 1. The number of carbonyl (C=O) groups is 1. The van der Waals surface area contributed by atoms with Gasteiger partial charge in [-0.3, -0.25) is 14.9 Å². The molecule has 112 valence electrons. The average molecular weight is 292 g/mol.